The van der Waals surface area contributed by atoms with Crippen molar-refractivity contribution in [2.75, 3.05) is 0 Å². The molecule has 2 nitrogen and oxygen atoms in total. The second kappa shape index (κ2) is 6.42. The van der Waals surface area contributed by atoms with E-state index in [-0.39, 0.29) is 5.60 Å². The Bertz CT molecular complexity index is 851. The third-order valence-electron chi connectivity index (χ3n) is 5.64. The van der Waals surface area contributed by atoms with Gasteiger partial charge in [-0.25, -0.2) is 0 Å². The number of carbonyl (C=O) groups is 1. The molecule has 2 atom stereocenters. The Balaban J connectivity index is 1.51. The number of aryl methyl sites for hydroxylation is 1. The smallest absolute Gasteiger partial charge is 0.133 e. The topological polar surface area (TPSA) is 26.3 Å². The van der Waals surface area contributed by atoms with Gasteiger partial charge in [-0.05, 0) is 69.2 Å². The minimum Gasteiger partial charge on any atom is -0.487 e. The van der Waals surface area contributed by atoms with Gasteiger partial charge in [-0.3, -0.25) is 4.79 Å². The largest absolute Gasteiger partial charge is 0.487 e. The Kier molecular flexibility index (Phi) is 4.35. The lowest BCUT2D eigenvalue weighted by atomic mass is 9.96. The summed E-state index contributed by atoms with van der Waals surface area (Å²) in [6.07, 6.45) is 4.10. The lowest BCUT2D eigenvalue weighted by Crippen LogP contribution is -2.24. The number of rotatable bonds is 5. The molecule has 1 aliphatic heterocycles. The van der Waals surface area contributed by atoms with Crippen LogP contribution in [0.5, 0.6) is 5.75 Å². The van der Waals surface area contributed by atoms with Gasteiger partial charge in [0.05, 0.1) is 0 Å². The summed E-state index contributed by atoms with van der Waals surface area (Å²) in [5, 5.41) is 0.758. The number of carbonyl (C=O) groups excluding carboxylic acids is 1. The van der Waals surface area contributed by atoms with Gasteiger partial charge in [0.2, 0.25) is 0 Å². The Hall–Kier alpha value is -1.80. The van der Waals surface area contributed by atoms with Crippen molar-refractivity contribution in [2.45, 2.75) is 52.1 Å². The summed E-state index contributed by atoms with van der Waals surface area (Å²) < 4.78 is 6.20. The van der Waals surface area contributed by atoms with Crippen LogP contribution in [0.15, 0.2) is 36.4 Å². The molecule has 0 saturated heterocycles. The van der Waals surface area contributed by atoms with Crippen LogP contribution >= 0.6 is 11.6 Å². The first-order valence-electron chi connectivity index (χ1n) is 9.43. The molecule has 1 fully saturated rings. The average molecular weight is 369 g/mol. The molecule has 4 rings (SSSR count). The number of Topliss-reactive ketones (excluding diaryl/α,β-unsaturated/α-hetero) is 1. The lowest BCUT2D eigenvalue weighted by Gasteiger charge is -2.18. The normalized spacial score (nSPS) is 22.6. The first kappa shape index (κ1) is 17.6. The molecule has 2 aliphatic rings. The molecule has 1 heterocycles. The molecule has 0 aromatic heterocycles. The molecule has 1 saturated carbocycles. The van der Waals surface area contributed by atoms with E-state index in [1.807, 2.05) is 12.1 Å². The summed E-state index contributed by atoms with van der Waals surface area (Å²) in [6, 6.07) is 12.7. The maximum atomic E-state index is 11.4. The van der Waals surface area contributed by atoms with Crippen molar-refractivity contribution in [1.29, 1.82) is 0 Å². The van der Waals surface area contributed by atoms with Gasteiger partial charge in [0.15, 0.2) is 0 Å². The number of hydrogen-bond donors (Lipinski definition) is 0. The molecule has 26 heavy (non-hydrogen) atoms. The zero-order chi connectivity index (χ0) is 18.5. The van der Waals surface area contributed by atoms with Crippen LogP contribution in [0, 0.1) is 11.8 Å². The number of fused-ring (bicyclic) bond motifs is 1. The lowest BCUT2D eigenvalue weighted by molar-refractivity contribution is -0.118. The van der Waals surface area contributed by atoms with Gasteiger partial charge in [0, 0.05) is 28.5 Å². The molecule has 0 bridgehead atoms. The van der Waals surface area contributed by atoms with Crippen molar-refractivity contribution in [2.24, 2.45) is 11.8 Å². The van der Waals surface area contributed by atoms with E-state index in [9.17, 15) is 4.79 Å². The Labute approximate surface area is 160 Å². The van der Waals surface area contributed by atoms with E-state index in [4.69, 9.17) is 16.3 Å². The van der Waals surface area contributed by atoms with E-state index in [1.165, 1.54) is 11.1 Å². The summed E-state index contributed by atoms with van der Waals surface area (Å²) in [5.41, 5.74) is 4.54. The first-order valence-corrected chi connectivity index (χ1v) is 9.81. The fraction of sp³-hybridized carbons (Fsp3) is 0.435. The van der Waals surface area contributed by atoms with E-state index in [0.717, 1.165) is 47.6 Å². The summed E-state index contributed by atoms with van der Waals surface area (Å²) >= 11 is 6.35. The summed E-state index contributed by atoms with van der Waals surface area (Å²) in [4.78, 5) is 11.4. The van der Waals surface area contributed by atoms with Gasteiger partial charge < -0.3 is 4.74 Å². The number of ketones is 1. The van der Waals surface area contributed by atoms with Crippen molar-refractivity contribution >= 4 is 17.4 Å². The van der Waals surface area contributed by atoms with Crippen LogP contribution in [0.3, 0.4) is 0 Å². The molecule has 2 unspecified atom stereocenters. The van der Waals surface area contributed by atoms with E-state index in [2.05, 4.69) is 38.1 Å². The second-order valence-corrected chi connectivity index (χ2v) is 8.87. The van der Waals surface area contributed by atoms with Crippen molar-refractivity contribution in [3.8, 4) is 16.9 Å². The fourth-order valence-corrected chi connectivity index (χ4v) is 4.40. The highest BCUT2D eigenvalue weighted by Gasteiger charge is 2.39. The number of benzene rings is 2. The minimum absolute atomic E-state index is 0.181. The molecular formula is C23H25ClO2. The molecule has 0 radical (unpaired) electrons. The predicted octanol–water partition coefficient (Wildman–Crippen LogP) is 5.88. The number of ether oxygens (including phenoxy) is 1. The molecule has 0 N–H and O–H groups in total. The Morgan fingerprint density at radius 3 is 2.62 bits per heavy atom. The molecule has 0 spiro atoms. The van der Waals surface area contributed by atoms with Crippen molar-refractivity contribution in [3.05, 3.63) is 52.5 Å². The Morgan fingerprint density at radius 2 is 1.96 bits per heavy atom. The molecule has 3 heteroatoms. The molecule has 0 amide bonds. The average Bonchev–Trinajstić information content (AvgIpc) is 3.29. The van der Waals surface area contributed by atoms with E-state index >= 15 is 0 Å². The zero-order valence-corrected chi connectivity index (χ0v) is 16.4. The highest BCUT2D eigenvalue weighted by Crippen LogP contribution is 2.45. The summed E-state index contributed by atoms with van der Waals surface area (Å²) in [6.45, 7) is 5.94. The second-order valence-electron chi connectivity index (χ2n) is 8.43. The standard InChI is InChI=1S/C23H25ClO2/c1-14(25)20-11-17(20)9-6-15-4-7-16(8-5-15)21-12-19(24)10-18-13-23(2,3)26-22(18)21/h4-5,7-8,10,12,17,20H,6,9,11,13H2,1-3H3. The minimum atomic E-state index is -0.181. The van der Waals surface area contributed by atoms with Crippen molar-refractivity contribution in [3.63, 3.8) is 0 Å². The van der Waals surface area contributed by atoms with E-state index in [1.54, 1.807) is 6.92 Å². The maximum absolute atomic E-state index is 11.4. The SMILES string of the molecule is CC(=O)C1CC1CCc1ccc(-c2cc(Cl)cc3c2OC(C)(C)C3)cc1. The van der Waals surface area contributed by atoms with Crippen LogP contribution in [0.4, 0.5) is 0 Å². The quantitative estimate of drug-likeness (QED) is 0.658. The highest BCUT2D eigenvalue weighted by molar-refractivity contribution is 6.31. The van der Waals surface area contributed by atoms with Crippen LogP contribution in [0.2, 0.25) is 5.02 Å². The van der Waals surface area contributed by atoms with Crippen LogP contribution < -0.4 is 4.74 Å². The van der Waals surface area contributed by atoms with Crippen LogP contribution in [0.1, 0.15) is 44.7 Å². The molecule has 2 aromatic carbocycles. The molecule has 136 valence electrons. The number of hydrogen-bond acceptors (Lipinski definition) is 2. The predicted molar refractivity (Wildman–Crippen MR) is 106 cm³/mol. The number of halogens is 1. The van der Waals surface area contributed by atoms with Crippen molar-refractivity contribution in [1.82, 2.24) is 0 Å². The monoisotopic (exact) mass is 368 g/mol. The van der Waals surface area contributed by atoms with E-state index < -0.39 is 0 Å². The third kappa shape index (κ3) is 3.53. The van der Waals surface area contributed by atoms with Gasteiger partial charge in [-0.1, -0.05) is 35.9 Å². The van der Waals surface area contributed by atoms with Crippen LogP contribution in [-0.4, -0.2) is 11.4 Å². The van der Waals surface area contributed by atoms with Crippen LogP contribution in [0.25, 0.3) is 11.1 Å². The first-order chi connectivity index (χ1) is 12.3. The maximum Gasteiger partial charge on any atom is 0.133 e. The molecule has 2 aromatic rings. The van der Waals surface area contributed by atoms with Crippen LogP contribution in [-0.2, 0) is 17.6 Å². The zero-order valence-electron chi connectivity index (χ0n) is 15.6. The Morgan fingerprint density at radius 1 is 1.23 bits per heavy atom. The van der Waals surface area contributed by atoms with Gasteiger partial charge >= 0.3 is 0 Å². The van der Waals surface area contributed by atoms with Gasteiger partial charge in [0.1, 0.15) is 17.1 Å². The van der Waals surface area contributed by atoms with Gasteiger partial charge in [-0.2, -0.15) is 0 Å². The summed E-state index contributed by atoms with van der Waals surface area (Å²) in [5.74, 6) is 2.24. The highest BCUT2D eigenvalue weighted by atomic mass is 35.5. The van der Waals surface area contributed by atoms with E-state index in [0.29, 0.717) is 17.6 Å². The molecular weight excluding hydrogens is 344 g/mol. The van der Waals surface area contributed by atoms with Crippen molar-refractivity contribution < 1.29 is 9.53 Å². The summed E-state index contributed by atoms with van der Waals surface area (Å²) in [7, 11) is 0. The van der Waals surface area contributed by atoms with Gasteiger partial charge in [0.25, 0.3) is 0 Å². The fourth-order valence-electron chi connectivity index (χ4n) is 4.15. The van der Waals surface area contributed by atoms with Gasteiger partial charge in [-0.15, -0.1) is 0 Å². The molecule has 1 aliphatic carbocycles. The third-order valence-corrected chi connectivity index (χ3v) is 5.86.